The van der Waals surface area contributed by atoms with Crippen LogP contribution >= 0.6 is 0 Å². The summed E-state index contributed by atoms with van der Waals surface area (Å²) in [7, 11) is 1.65. The molecule has 0 aliphatic rings. The number of benzene rings is 1. The fourth-order valence-corrected chi connectivity index (χ4v) is 2.37. The zero-order chi connectivity index (χ0) is 18.1. The number of nitrogens with zero attached hydrogens (tertiary/aromatic N) is 1. The van der Waals surface area contributed by atoms with Gasteiger partial charge in [0.2, 0.25) is 0 Å². The van der Waals surface area contributed by atoms with Crippen LogP contribution in [0, 0.1) is 5.92 Å². The van der Waals surface area contributed by atoms with Gasteiger partial charge in [-0.1, -0.05) is 26.0 Å². The van der Waals surface area contributed by atoms with E-state index in [0.717, 1.165) is 36.4 Å². The minimum absolute atomic E-state index is 0.152. The van der Waals surface area contributed by atoms with E-state index in [1.807, 2.05) is 30.3 Å². The predicted octanol–water partition coefficient (Wildman–Crippen LogP) is 3.52. The van der Waals surface area contributed by atoms with Crippen LogP contribution in [0.2, 0.25) is 0 Å². The first-order valence-corrected chi connectivity index (χ1v) is 8.69. The van der Waals surface area contributed by atoms with Gasteiger partial charge in [-0.25, -0.2) is 0 Å². The van der Waals surface area contributed by atoms with E-state index in [1.54, 1.807) is 19.4 Å². The molecule has 2 aromatic rings. The zero-order valence-electron chi connectivity index (χ0n) is 15.2. The smallest absolute Gasteiger partial charge is 0.269 e. The summed E-state index contributed by atoms with van der Waals surface area (Å²) in [6.07, 6.45) is 3.52. The van der Waals surface area contributed by atoms with Crippen molar-refractivity contribution in [1.82, 2.24) is 10.3 Å². The first-order chi connectivity index (χ1) is 12.1. The molecule has 0 bridgehead atoms. The SMILES string of the molecule is COc1ccc(CCNC(=O)c2cc(NCCC(C)C)ccn2)cc1. The van der Waals surface area contributed by atoms with Crippen molar-refractivity contribution in [2.45, 2.75) is 26.7 Å². The van der Waals surface area contributed by atoms with Crippen LogP contribution in [-0.4, -0.2) is 31.1 Å². The molecule has 2 rings (SSSR count). The maximum atomic E-state index is 12.2. The number of anilines is 1. The molecular formula is C20H27N3O2. The molecule has 5 nitrogen and oxygen atoms in total. The number of nitrogens with one attached hydrogen (secondary N) is 2. The normalized spacial score (nSPS) is 10.6. The third-order valence-electron chi connectivity index (χ3n) is 3.90. The predicted molar refractivity (Wildman–Crippen MR) is 101 cm³/mol. The number of carbonyl (C=O) groups is 1. The number of hydrogen-bond acceptors (Lipinski definition) is 4. The quantitative estimate of drug-likeness (QED) is 0.732. The molecule has 134 valence electrons. The van der Waals surface area contributed by atoms with Gasteiger partial charge in [0.15, 0.2) is 0 Å². The second-order valence-electron chi connectivity index (χ2n) is 6.39. The van der Waals surface area contributed by atoms with E-state index in [2.05, 4.69) is 29.5 Å². The zero-order valence-corrected chi connectivity index (χ0v) is 15.2. The van der Waals surface area contributed by atoms with Crippen molar-refractivity contribution in [3.8, 4) is 5.75 Å². The molecule has 0 aliphatic carbocycles. The molecule has 0 saturated carbocycles. The lowest BCUT2D eigenvalue weighted by Crippen LogP contribution is -2.26. The summed E-state index contributed by atoms with van der Waals surface area (Å²) in [5.41, 5.74) is 2.51. The Morgan fingerprint density at radius 1 is 1.16 bits per heavy atom. The van der Waals surface area contributed by atoms with Crippen molar-refractivity contribution in [2.75, 3.05) is 25.5 Å². The number of methoxy groups -OCH3 is 1. The minimum Gasteiger partial charge on any atom is -0.497 e. The van der Waals surface area contributed by atoms with Crippen LogP contribution in [0.15, 0.2) is 42.6 Å². The Bertz CT molecular complexity index is 669. The molecule has 0 spiro atoms. The van der Waals surface area contributed by atoms with Gasteiger partial charge in [0.05, 0.1) is 7.11 Å². The van der Waals surface area contributed by atoms with Gasteiger partial charge in [0.1, 0.15) is 11.4 Å². The van der Waals surface area contributed by atoms with Crippen LogP contribution in [0.4, 0.5) is 5.69 Å². The topological polar surface area (TPSA) is 63.2 Å². The summed E-state index contributed by atoms with van der Waals surface area (Å²) in [5, 5.41) is 6.25. The van der Waals surface area contributed by atoms with Crippen LogP contribution in [0.3, 0.4) is 0 Å². The molecule has 2 N–H and O–H groups in total. The minimum atomic E-state index is -0.152. The first kappa shape index (κ1) is 18.8. The molecule has 0 unspecified atom stereocenters. The standard InChI is InChI=1S/C20H27N3O2/c1-15(2)8-11-21-17-10-13-22-19(14-17)20(24)23-12-9-16-4-6-18(25-3)7-5-16/h4-7,10,13-15H,8-9,11-12H2,1-3H3,(H,21,22)(H,23,24). The Morgan fingerprint density at radius 2 is 1.92 bits per heavy atom. The maximum Gasteiger partial charge on any atom is 0.269 e. The average molecular weight is 341 g/mol. The molecule has 1 aromatic heterocycles. The van der Waals surface area contributed by atoms with Gasteiger partial charge in [-0.2, -0.15) is 0 Å². The van der Waals surface area contributed by atoms with Crippen molar-refractivity contribution in [3.63, 3.8) is 0 Å². The Balaban J connectivity index is 1.81. The van der Waals surface area contributed by atoms with Gasteiger partial charge >= 0.3 is 0 Å². The fourth-order valence-electron chi connectivity index (χ4n) is 2.37. The van der Waals surface area contributed by atoms with E-state index >= 15 is 0 Å². The van der Waals surface area contributed by atoms with E-state index in [4.69, 9.17) is 4.74 Å². The molecule has 1 amide bonds. The van der Waals surface area contributed by atoms with Gasteiger partial charge in [-0.3, -0.25) is 9.78 Å². The van der Waals surface area contributed by atoms with Crippen LogP contribution in [-0.2, 0) is 6.42 Å². The molecule has 0 radical (unpaired) electrons. The van der Waals surface area contributed by atoms with Crippen molar-refractivity contribution in [2.24, 2.45) is 5.92 Å². The third kappa shape index (κ3) is 6.45. The highest BCUT2D eigenvalue weighted by atomic mass is 16.5. The highest BCUT2D eigenvalue weighted by Gasteiger charge is 2.07. The van der Waals surface area contributed by atoms with Gasteiger partial charge in [0.25, 0.3) is 5.91 Å². The second kappa shape index (κ2) is 9.67. The highest BCUT2D eigenvalue weighted by molar-refractivity contribution is 5.93. The van der Waals surface area contributed by atoms with Crippen molar-refractivity contribution >= 4 is 11.6 Å². The van der Waals surface area contributed by atoms with Gasteiger partial charge in [-0.05, 0) is 48.6 Å². The Labute approximate surface area is 149 Å². The lowest BCUT2D eigenvalue weighted by molar-refractivity contribution is 0.0949. The fraction of sp³-hybridized carbons (Fsp3) is 0.400. The molecule has 0 aliphatic heterocycles. The van der Waals surface area contributed by atoms with Crippen LogP contribution in [0.25, 0.3) is 0 Å². The number of amides is 1. The largest absolute Gasteiger partial charge is 0.497 e. The summed E-state index contributed by atoms with van der Waals surface area (Å²) in [4.78, 5) is 16.4. The number of carbonyl (C=O) groups excluding carboxylic acids is 1. The van der Waals surface area contributed by atoms with Crippen LogP contribution < -0.4 is 15.4 Å². The van der Waals surface area contributed by atoms with Crippen molar-refractivity contribution in [1.29, 1.82) is 0 Å². The van der Waals surface area contributed by atoms with Crippen LogP contribution in [0.1, 0.15) is 36.3 Å². The number of ether oxygens (including phenoxy) is 1. The second-order valence-corrected chi connectivity index (χ2v) is 6.39. The van der Waals surface area contributed by atoms with Crippen molar-refractivity contribution in [3.05, 3.63) is 53.9 Å². The number of hydrogen-bond donors (Lipinski definition) is 2. The van der Waals surface area contributed by atoms with Crippen LogP contribution in [0.5, 0.6) is 5.75 Å². The number of pyridine rings is 1. The van der Waals surface area contributed by atoms with Crippen molar-refractivity contribution < 1.29 is 9.53 Å². The summed E-state index contributed by atoms with van der Waals surface area (Å²) in [5.74, 6) is 1.33. The summed E-state index contributed by atoms with van der Waals surface area (Å²) in [6, 6.07) is 11.5. The molecule has 25 heavy (non-hydrogen) atoms. The summed E-state index contributed by atoms with van der Waals surface area (Å²) < 4.78 is 5.14. The molecule has 0 atom stereocenters. The average Bonchev–Trinajstić information content (AvgIpc) is 2.62. The molecule has 0 fully saturated rings. The lowest BCUT2D eigenvalue weighted by atomic mass is 10.1. The number of aromatic nitrogens is 1. The molecule has 0 saturated heterocycles. The summed E-state index contributed by atoms with van der Waals surface area (Å²) in [6.45, 7) is 5.84. The van der Waals surface area contributed by atoms with Gasteiger partial charge in [0, 0.05) is 25.0 Å². The third-order valence-corrected chi connectivity index (χ3v) is 3.90. The lowest BCUT2D eigenvalue weighted by Gasteiger charge is -2.10. The van der Waals surface area contributed by atoms with Gasteiger partial charge in [-0.15, -0.1) is 0 Å². The Hall–Kier alpha value is -2.56. The van der Waals surface area contributed by atoms with E-state index in [9.17, 15) is 4.79 Å². The number of rotatable bonds is 9. The monoisotopic (exact) mass is 341 g/mol. The molecule has 1 heterocycles. The molecule has 1 aromatic carbocycles. The highest BCUT2D eigenvalue weighted by Crippen LogP contribution is 2.12. The first-order valence-electron chi connectivity index (χ1n) is 8.69. The Kier molecular flexibility index (Phi) is 7.26. The Morgan fingerprint density at radius 3 is 2.60 bits per heavy atom. The van der Waals surface area contributed by atoms with E-state index in [-0.39, 0.29) is 5.91 Å². The van der Waals surface area contributed by atoms with E-state index in [1.165, 1.54) is 0 Å². The summed E-state index contributed by atoms with van der Waals surface area (Å²) >= 11 is 0. The molecule has 5 heteroatoms. The maximum absolute atomic E-state index is 12.2. The van der Waals surface area contributed by atoms with E-state index < -0.39 is 0 Å². The molecular weight excluding hydrogens is 314 g/mol. The van der Waals surface area contributed by atoms with Gasteiger partial charge < -0.3 is 15.4 Å². The van der Waals surface area contributed by atoms with E-state index in [0.29, 0.717) is 18.2 Å².